The minimum atomic E-state index is -0.304. The SMILES string of the molecule is C=CC(=O)OCCCCCCCCCCC[N+](CC)(CC)CC.[Br-]. The molecule has 0 atom stereocenters. The van der Waals surface area contributed by atoms with Crippen molar-refractivity contribution in [3.8, 4) is 0 Å². The van der Waals surface area contributed by atoms with Crippen LogP contribution in [0.15, 0.2) is 12.7 Å². The Kier molecular flexibility index (Phi) is 18.8. The maximum absolute atomic E-state index is 10.9. The number of carbonyl (C=O) groups excluding carboxylic acids is 1. The Labute approximate surface area is 161 Å². The normalized spacial score (nSPS) is 11.0. The van der Waals surface area contributed by atoms with E-state index in [4.69, 9.17) is 4.74 Å². The van der Waals surface area contributed by atoms with Crippen LogP contribution in [0.1, 0.15) is 78.6 Å². The van der Waals surface area contributed by atoms with E-state index in [1.807, 2.05) is 0 Å². The van der Waals surface area contributed by atoms with Crippen molar-refractivity contribution < 1.29 is 31.0 Å². The minimum absolute atomic E-state index is 0. The molecule has 0 N–H and O–H groups in total. The van der Waals surface area contributed by atoms with Gasteiger partial charge in [0.1, 0.15) is 0 Å². The van der Waals surface area contributed by atoms with Gasteiger partial charge in [-0.2, -0.15) is 0 Å². The second kappa shape index (κ2) is 17.5. The van der Waals surface area contributed by atoms with Crippen LogP contribution in [0.4, 0.5) is 0 Å². The summed E-state index contributed by atoms with van der Waals surface area (Å²) in [5.41, 5.74) is 0. The third-order valence-electron chi connectivity index (χ3n) is 5.20. The number of hydrogen-bond acceptors (Lipinski definition) is 2. The molecule has 0 saturated heterocycles. The van der Waals surface area contributed by atoms with Gasteiger partial charge in [0.05, 0.1) is 32.8 Å². The predicted molar refractivity (Wildman–Crippen MR) is 99.5 cm³/mol. The van der Waals surface area contributed by atoms with Crippen LogP contribution < -0.4 is 17.0 Å². The van der Waals surface area contributed by atoms with E-state index >= 15 is 0 Å². The lowest BCUT2D eigenvalue weighted by molar-refractivity contribution is -0.923. The Hall–Kier alpha value is -0.350. The molecule has 0 aromatic rings. The molecule has 0 spiro atoms. The van der Waals surface area contributed by atoms with Crippen LogP contribution in [0.5, 0.6) is 0 Å². The number of nitrogens with zero attached hydrogens (tertiary/aromatic N) is 1. The van der Waals surface area contributed by atoms with E-state index < -0.39 is 0 Å². The van der Waals surface area contributed by atoms with Gasteiger partial charge in [-0.3, -0.25) is 0 Å². The van der Waals surface area contributed by atoms with Crippen molar-refractivity contribution in [2.45, 2.75) is 78.6 Å². The highest BCUT2D eigenvalue weighted by atomic mass is 79.9. The fourth-order valence-electron chi connectivity index (χ4n) is 3.16. The lowest BCUT2D eigenvalue weighted by Crippen LogP contribution is -3.00. The number of esters is 1. The van der Waals surface area contributed by atoms with Gasteiger partial charge in [-0.15, -0.1) is 0 Å². The first-order valence-electron chi connectivity index (χ1n) is 9.78. The zero-order valence-corrected chi connectivity index (χ0v) is 17.9. The number of quaternary nitrogens is 1. The number of ether oxygens (including phenoxy) is 1. The van der Waals surface area contributed by atoms with Crippen molar-refractivity contribution >= 4 is 5.97 Å². The van der Waals surface area contributed by atoms with Crippen LogP contribution >= 0.6 is 0 Å². The molecule has 144 valence electrons. The number of unbranched alkanes of at least 4 members (excludes halogenated alkanes) is 8. The summed E-state index contributed by atoms with van der Waals surface area (Å²) in [6.07, 6.45) is 12.8. The first-order valence-corrected chi connectivity index (χ1v) is 9.78. The molecule has 0 aromatic heterocycles. The molecule has 0 aliphatic carbocycles. The van der Waals surface area contributed by atoms with E-state index in [1.165, 1.54) is 81.7 Å². The topological polar surface area (TPSA) is 26.3 Å². The van der Waals surface area contributed by atoms with Crippen LogP contribution in [-0.2, 0) is 9.53 Å². The smallest absolute Gasteiger partial charge is 0.330 e. The molecule has 0 aliphatic rings. The van der Waals surface area contributed by atoms with Crippen molar-refractivity contribution in [2.24, 2.45) is 0 Å². The molecule has 0 aromatic carbocycles. The van der Waals surface area contributed by atoms with Crippen molar-refractivity contribution in [3.63, 3.8) is 0 Å². The molecule has 0 bridgehead atoms. The summed E-state index contributed by atoms with van der Waals surface area (Å²) < 4.78 is 6.25. The van der Waals surface area contributed by atoms with Gasteiger partial charge in [-0.25, -0.2) is 4.79 Å². The lowest BCUT2D eigenvalue weighted by Gasteiger charge is -2.35. The Bertz CT molecular complexity index is 296. The summed E-state index contributed by atoms with van der Waals surface area (Å²) in [6, 6.07) is 0. The molecule has 4 heteroatoms. The second-order valence-corrected chi connectivity index (χ2v) is 6.57. The van der Waals surface area contributed by atoms with Gasteiger partial charge in [0.25, 0.3) is 0 Å². The highest BCUT2D eigenvalue weighted by Crippen LogP contribution is 2.13. The summed E-state index contributed by atoms with van der Waals surface area (Å²) in [5, 5.41) is 0. The number of hydrogen-bond donors (Lipinski definition) is 0. The van der Waals surface area contributed by atoms with Crippen molar-refractivity contribution in [1.82, 2.24) is 0 Å². The maximum atomic E-state index is 10.9. The number of rotatable bonds is 16. The van der Waals surface area contributed by atoms with E-state index in [0.717, 1.165) is 12.8 Å². The van der Waals surface area contributed by atoms with Crippen LogP contribution in [0, 0.1) is 0 Å². The van der Waals surface area contributed by atoms with Gasteiger partial charge in [-0.1, -0.05) is 45.1 Å². The number of halogens is 1. The Morgan fingerprint density at radius 1 is 0.833 bits per heavy atom. The Morgan fingerprint density at radius 2 is 1.25 bits per heavy atom. The van der Waals surface area contributed by atoms with Gasteiger partial charge in [0.15, 0.2) is 0 Å². The molecule has 0 amide bonds. The monoisotopic (exact) mass is 405 g/mol. The molecule has 0 aliphatic heterocycles. The zero-order valence-electron chi connectivity index (χ0n) is 16.3. The highest BCUT2D eigenvalue weighted by Gasteiger charge is 2.19. The first-order chi connectivity index (χ1) is 11.1. The standard InChI is InChI=1S/C20H40NO2.BrH/c1-5-20(22)23-19-17-15-13-11-9-10-12-14-16-18-21(6-2,7-3)8-4;/h5H,1,6-19H2,2-4H3;1H/q+1;/p-1. The third kappa shape index (κ3) is 13.0. The molecule has 0 radical (unpaired) electrons. The molecule has 0 saturated carbocycles. The van der Waals surface area contributed by atoms with E-state index in [0.29, 0.717) is 6.61 Å². The van der Waals surface area contributed by atoms with E-state index in [1.54, 1.807) is 0 Å². The summed E-state index contributed by atoms with van der Waals surface area (Å²) >= 11 is 0. The fourth-order valence-corrected chi connectivity index (χ4v) is 3.16. The molecule has 0 unspecified atom stereocenters. The van der Waals surface area contributed by atoms with Gasteiger partial charge in [0, 0.05) is 6.08 Å². The largest absolute Gasteiger partial charge is 1.00 e. The third-order valence-corrected chi connectivity index (χ3v) is 5.20. The average molecular weight is 406 g/mol. The quantitative estimate of drug-likeness (QED) is 0.170. The minimum Gasteiger partial charge on any atom is -1.00 e. The summed E-state index contributed by atoms with van der Waals surface area (Å²) in [6.45, 7) is 16.1. The molecule has 24 heavy (non-hydrogen) atoms. The van der Waals surface area contributed by atoms with Gasteiger partial charge in [-0.05, 0) is 40.0 Å². The van der Waals surface area contributed by atoms with Crippen LogP contribution in [0.3, 0.4) is 0 Å². The second-order valence-electron chi connectivity index (χ2n) is 6.57. The van der Waals surface area contributed by atoms with E-state index in [9.17, 15) is 4.79 Å². The molecule has 0 fully saturated rings. The average Bonchev–Trinajstić information content (AvgIpc) is 2.59. The van der Waals surface area contributed by atoms with Crippen molar-refractivity contribution in [3.05, 3.63) is 12.7 Å². The summed E-state index contributed by atoms with van der Waals surface area (Å²) in [5.74, 6) is -0.304. The summed E-state index contributed by atoms with van der Waals surface area (Å²) in [7, 11) is 0. The molecule has 3 nitrogen and oxygen atoms in total. The molecule has 0 heterocycles. The Morgan fingerprint density at radius 3 is 1.67 bits per heavy atom. The number of carbonyl (C=O) groups is 1. The summed E-state index contributed by atoms with van der Waals surface area (Å²) in [4.78, 5) is 10.9. The predicted octanol–water partition coefficient (Wildman–Crippen LogP) is 2.11. The van der Waals surface area contributed by atoms with Crippen LogP contribution in [-0.4, -0.2) is 43.2 Å². The maximum Gasteiger partial charge on any atom is 0.330 e. The van der Waals surface area contributed by atoms with Crippen molar-refractivity contribution in [2.75, 3.05) is 32.8 Å². The van der Waals surface area contributed by atoms with Crippen LogP contribution in [0.2, 0.25) is 0 Å². The first kappa shape index (κ1) is 25.9. The van der Waals surface area contributed by atoms with Gasteiger partial charge in [0.2, 0.25) is 0 Å². The molecular weight excluding hydrogens is 366 g/mol. The van der Waals surface area contributed by atoms with Gasteiger partial charge >= 0.3 is 5.97 Å². The lowest BCUT2D eigenvalue weighted by atomic mass is 10.1. The van der Waals surface area contributed by atoms with Gasteiger partial charge < -0.3 is 26.2 Å². The molecule has 0 rings (SSSR count). The zero-order chi connectivity index (χ0) is 17.4. The highest BCUT2D eigenvalue weighted by molar-refractivity contribution is 5.81. The fraction of sp³-hybridized carbons (Fsp3) is 0.850. The Balaban J connectivity index is 0. The van der Waals surface area contributed by atoms with Crippen molar-refractivity contribution in [1.29, 1.82) is 0 Å². The van der Waals surface area contributed by atoms with E-state index in [-0.39, 0.29) is 23.0 Å². The van der Waals surface area contributed by atoms with Crippen LogP contribution in [0.25, 0.3) is 0 Å². The molecular formula is C20H40BrNO2. The van der Waals surface area contributed by atoms with E-state index in [2.05, 4.69) is 27.4 Å².